The molecule has 25 heavy (non-hydrogen) atoms. The van der Waals surface area contributed by atoms with E-state index in [1.54, 1.807) is 0 Å². The van der Waals surface area contributed by atoms with Crippen LogP contribution in [-0.4, -0.2) is 17.9 Å². The summed E-state index contributed by atoms with van der Waals surface area (Å²) in [4.78, 5) is 22.9. The number of unbranched alkanes of at least 4 members (excludes halogenated alkanes) is 10. The van der Waals surface area contributed by atoms with E-state index in [2.05, 4.69) is 12.2 Å². The van der Waals surface area contributed by atoms with Gasteiger partial charge in [-0.2, -0.15) is 0 Å². The van der Waals surface area contributed by atoms with Crippen molar-refractivity contribution < 1.29 is 44.3 Å². The maximum atomic E-state index is 11.8. The van der Waals surface area contributed by atoms with Gasteiger partial charge in [-0.05, 0) is 12.3 Å². The molecule has 0 spiro atoms. The smallest absolute Gasteiger partial charge is 0.548 e. The summed E-state index contributed by atoms with van der Waals surface area (Å²) in [7, 11) is 0. The van der Waals surface area contributed by atoms with Gasteiger partial charge in [-0.3, -0.25) is 4.79 Å². The Morgan fingerprint density at radius 1 is 0.840 bits per heavy atom. The van der Waals surface area contributed by atoms with Crippen molar-refractivity contribution in [2.24, 2.45) is 5.92 Å². The van der Waals surface area contributed by atoms with Crippen LogP contribution in [0, 0.1) is 5.92 Å². The van der Waals surface area contributed by atoms with Gasteiger partial charge < -0.3 is 15.2 Å². The van der Waals surface area contributed by atoms with Crippen LogP contribution in [0.1, 0.15) is 104 Å². The SMILES string of the molecule is CCCCCCCCCCCCCC(=O)N[C@H](C(=O)[O-])[C@@H](C)CC.[Na+]. The number of aliphatic carboxylic acids is 1. The predicted molar refractivity (Wildman–Crippen MR) is 97.5 cm³/mol. The summed E-state index contributed by atoms with van der Waals surface area (Å²) in [6.07, 6.45) is 14.8. The largest absolute Gasteiger partial charge is 1.00 e. The zero-order valence-corrected chi connectivity index (χ0v) is 19.1. The van der Waals surface area contributed by atoms with Crippen molar-refractivity contribution in [2.45, 2.75) is 110 Å². The summed E-state index contributed by atoms with van der Waals surface area (Å²) in [6.45, 7) is 5.98. The van der Waals surface area contributed by atoms with Crippen molar-refractivity contribution in [2.75, 3.05) is 0 Å². The average molecular weight is 364 g/mol. The quantitative estimate of drug-likeness (QED) is 0.328. The van der Waals surface area contributed by atoms with Crippen LogP contribution in [0.2, 0.25) is 0 Å². The van der Waals surface area contributed by atoms with Crippen molar-refractivity contribution >= 4 is 11.9 Å². The van der Waals surface area contributed by atoms with E-state index in [1.165, 1.54) is 51.4 Å². The maximum Gasteiger partial charge on any atom is 1.00 e. The second-order valence-electron chi connectivity index (χ2n) is 7.04. The summed E-state index contributed by atoms with van der Waals surface area (Å²) < 4.78 is 0. The predicted octanol–water partition coefficient (Wildman–Crippen LogP) is 0.972. The second-order valence-corrected chi connectivity index (χ2v) is 7.04. The first-order valence-corrected chi connectivity index (χ1v) is 10.0. The minimum atomic E-state index is -1.18. The van der Waals surface area contributed by atoms with Gasteiger partial charge in [-0.25, -0.2) is 0 Å². The van der Waals surface area contributed by atoms with Gasteiger partial charge in [-0.1, -0.05) is 91.4 Å². The molecule has 4 nitrogen and oxygen atoms in total. The van der Waals surface area contributed by atoms with Crippen molar-refractivity contribution in [3.63, 3.8) is 0 Å². The minimum Gasteiger partial charge on any atom is -0.548 e. The van der Waals surface area contributed by atoms with E-state index < -0.39 is 12.0 Å². The van der Waals surface area contributed by atoms with Gasteiger partial charge in [0.05, 0.1) is 12.0 Å². The Balaban J connectivity index is 0. The van der Waals surface area contributed by atoms with Crippen LogP contribution in [0.25, 0.3) is 0 Å². The first-order valence-electron chi connectivity index (χ1n) is 10.0. The van der Waals surface area contributed by atoms with E-state index >= 15 is 0 Å². The van der Waals surface area contributed by atoms with E-state index in [0.29, 0.717) is 12.8 Å². The topological polar surface area (TPSA) is 69.2 Å². The van der Waals surface area contributed by atoms with Gasteiger partial charge >= 0.3 is 29.6 Å². The van der Waals surface area contributed by atoms with Crippen molar-refractivity contribution in [3.05, 3.63) is 0 Å². The first kappa shape index (κ1) is 27.2. The Labute approximate surface area is 177 Å². The molecule has 0 aliphatic heterocycles. The molecule has 0 aliphatic rings. The molecule has 0 saturated heterocycles. The minimum absolute atomic E-state index is 0. The summed E-state index contributed by atoms with van der Waals surface area (Å²) in [6, 6.07) is -0.866. The normalized spacial score (nSPS) is 12.9. The first-order chi connectivity index (χ1) is 11.5. The third-order valence-corrected chi connectivity index (χ3v) is 4.79. The number of hydrogen-bond acceptors (Lipinski definition) is 3. The van der Waals surface area contributed by atoms with Crippen molar-refractivity contribution in [1.29, 1.82) is 0 Å². The third kappa shape index (κ3) is 15.9. The number of carbonyl (C=O) groups excluding carboxylic acids is 2. The van der Waals surface area contributed by atoms with E-state index in [0.717, 1.165) is 19.3 Å². The molecule has 0 saturated carbocycles. The van der Waals surface area contributed by atoms with Crippen LogP contribution < -0.4 is 40.0 Å². The second kappa shape index (κ2) is 18.7. The van der Waals surface area contributed by atoms with E-state index in [4.69, 9.17) is 0 Å². The summed E-state index contributed by atoms with van der Waals surface area (Å²) in [5, 5.41) is 13.7. The fourth-order valence-electron chi connectivity index (χ4n) is 2.86. The maximum absolute atomic E-state index is 11.8. The number of rotatable bonds is 16. The molecule has 0 bridgehead atoms. The molecule has 0 radical (unpaired) electrons. The molecule has 1 N–H and O–H groups in total. The van der Waals surface area contributed by atoms with Crippen molar-refractivity contribution in [3.8, 4) is 0 Å². The van der Waals surface area contributed by atoms with Gasteiger partial charge in [0.15, 0.2) is 0 Å². The van der Waals surface area contributed by atoms with Gasteiger partial charge in [0.25, 0.3) is 0 Å². The van der Waals surface area contributed by atoms with E-state index in [-0.39, 0.29) is 41.4 Å². The fraction of sp³-hybridized carbons (Fsp3) is 0.900. The molecule has 0 fully saturated rings. The fourth-order valence-corrected chi connectivity index (χ4v) is 2.86. The molecular formula is C20H38NNaO3. The number of hydrogen-bond donors (Lipinski definition) is 1. The standard InChI is InChI=1S/C20H39NO3.Na/c1-4-6-7-8-9-10-11-12-13-14-15-16-18(22)21-19(20(23)24)17(3)5-2;/h17,19H,4-16H2,1-3H3,(H,21,22)(H,23,24);/q;+1/p-1/t17-,19-;/m0./s1. The monoisotopic (exact) mass is 363 g/mol. The van der Waals surface area contributed by atoms with E-state index in [9.17, 15) is 14.7 Å². The number of nitrogens with one attached hydrogen (secondary N) is 1. The van der Waals surface area contributed by atoms with Crippen LogP contribution in [0.5, 0.6) is 0 Å². The Bertz CT molecular complexity index is 337. The molecule has 0 aromatic heterocycles. The molecule has 0 heterocycles. The van der Waals surface area contributed by atoms with Crippen LogP contribution in [-0.2, 0) is 9.59 Å². The van der Waals surface area contributed by atoms with Crippen molar-refractivity contribution in [1.82, 2.24) is 5.32 Å². The summed E-state index contributed by atoms with van der Waals surface area (Å²) in [5.41, 5.74) is 0. The summed E-state index contributed by atoms with van der Waals surface area (Å²) >= 11 is 0. The third-order valence-electron chi connectivity index (χ3n) is 4.79. The van der Waals surface area contributed by atoms with Crippen LogP contribution in [0.15, 0.2) is 0 Å². The molecule has 2 atom stereocenters. The van der Waals surface area contributed by atoms with E-state index in [1.807, 2.05) is 13.8 Å². The molecule has 0 aromatic carbocycles. The molecule has 5 heteroatoms. The molecule has 0 rings (SSSR count). The number of carbonyl (C=O) groups is 2. The molecule has 142 valence electrons. The average Bonchev–Trinajstić information content (AvgIpc) is 2.56. The summed E-state index contributed by atoms with van der Waals surface area (Å²) in [5.74, 6) is -1.45. The molecule has 0 unspecified atom stereocenters. The number of carboxylic acids is 1. The van der Waals surface area contributed by atoms with Crippen LogP contribution in [0.4, 0.5) is 0 Å². The van der Waals surface area contributed by atoms with Gasteiger partial charge in [0.2, 0.25) is 5.91 Å². The van der Waals surface area contributed by atoms with Gasteiger partial charge in [0.1, 0.15) is 0 Å². The van der Waals surface area contributed by atoms with Crippen LogP contribution in [0.3, 0.4) is 0 Å². The Morgan fingerprint density at radius 3 is 1.68 bits per heavy atom. The van der Waals surface area contributed by atoms with Gasteiger partial charge in [0, 0.05) is 6.42 Å². The molecular weight excluding hydrogens is 325 g/mol. The number of carboxylic acid groups (broad SMARTS) is 1. The Hall–Kier alpha value is -0.0600. The Morgan fingerprint density at radius 2 is 1.28 bits per heavy atom. The molecule has 1 amide bonds. The zero-order valence-electron chi connectivity index (χ0n) is 17.1. The zero-order chi connectivity index (χ0) is 18.2. The van der Waals surface area contributed by atoms with Gasteiger partial charge in [-0.15, -0.1) is 0 Å². The molecule has 0 aromatic rings. The Kier molecular flexibility index (Phi) is 20.3. The number of amides is 1. The van der Waals surface area contributed by atoms with Crippen LogP contribution >= 0.6 is 0 Å². The molecule has 0 aliphatic carbocycles.